The zero-order valence-corrected chi connectivity index (χ0v) is 12.5. The first-order valence-corrected chi connectivity index (χ1v) is 7.46. The van der Waals surface area contributed by atoms with Gasteiger partial charge in [0.2, 0.25) is 5.78 Å². The number of thiophene rings is 1. The number of nitrogens with one attached hydrogen (secondary N) is 1. The van der Waals surface area contributed by atoms with E-state index >= 15 is 0 Å². The third-order valence-electron chi connectivity index (χ3n) is 3.45. The van der Waals surface area contributed by atoms with Crippen molar-refractivity contribution in [2.75, 3.05) is 7.11 Å². The van der Waals surface area contributed by atoms with Gasteiger partial charge in [-0.2, -0.15) is 0 Å². The number of hydrogen-bond donors (Lipinski definition) is 2. The molecule has 0 fully saturated rings. The van der Waals surface area contributed by atoms with Gasteiger partial charge >= 0.3 is 0 Å². The highest BCUT2D eigenvalue weighted by Gasteiger charge is 2.37. The maximum atomic E-state index is 12.6. The van der Waals surface area contributed by atoms with E-state index in [0.29, 0.717) is 16.2 Å². The van der Waals surface area contributed by atoms with Gasteiger partial charge in [-0.3, -0.25) is 9.59 Å². The average Bonchev–Trinajstić information content (AvgIpc) is 3.16. The number of carbonyl (C=O) groups is 2. The molecule has 0 saturated heterocycles. The highest BCUT2D eigenvalue weighted by atomic mass is 32.1. The Hall–Kier alpha value is -2.60. The number of ether oxygens (including phenoxy) is 1. The normalized spacial score (nSPS) is 17.5. The van der Waals surface area contributed by atoms with E-state index in [9.17, 15) is 14.7 Å². The first kappa shape index (κ1) is 14.3. The van der Waals surface area contributed by atoms with Crippen molar-refractivity contribution in [3.8, 4) is 5.75 Å². The van der Waals surface area contributed by atoms with Crippen LogP contribution in [-0.2, 0) is 4.79 Å². The number of carbonyl (C=O) groups excluding carboxylic acids is 2. The van der Waals surface area contributed by atoms with Gasteiger partial charge in [0.25, 0.3) is 5.91 Å². The molecule has 0 bridgehead atoms. The number of methoxy groups -OCH3 is 1. The number of aliphatic hydroxyl groups is 1. The van der Waals surface area contributed by atoms with Crippen LogP contribution in [0.3, 0.4) is 0 Å². The van der Waals surface area contributed by atoms with Crippen molar-refractivity contribution in [1.29, 1.82) is 0 Å². The molecule has 1 aliphatic rings. The average molecular weight is 315 g/mol. The molecule has 2 N–H and O–H groups in total. The number of amides is 1. The van der Waals surface area contributed by atoms with Crippen LogP contribution in [0.4, 0.5) is 0 Å². The van der Waals surface area contributed by atoms with E-state index < -0.39 is 17.7 Å². The minimum Gasteiger partial charge on any atom is -0.503 e. The summed E-state index contributed by atoms with van der Waals surface area (Å²) in [4.78, 5) is 24.8. The molecule has 1 amide bonds. The number of aliphatic hydroxyl groups excluding tert-OH is 1. The van der Waals surface area contributed by atoms with E-state index in [1.165, 1.54) is 18.4 Å². The van der Waals surface area contributed by atoms with Crippen LogP contribution in [0.1, 0.15) is 21.3 Å². The molecular formula is C16H13NO4S. The summed E-state index contributed by atoms with van der Waals surface area (Å²) in [5.41, 5.74) is 0.748. The van der Waals surface area contributed by atoms with Gasteiger partial charge in [0.15, 0.2) is 5.76 Å². The Morgan fingerprint density at radius 3 is 2.82 bits per heavy atom. The fourth-order valence-corrected chi connectivity index (χ4v) is 3.06. The van der Waals surface area contributed by atoms with Gasteiger partial charge in [0.05, 0.1) is 23.6 Å². The standard InChI is InChI=1S/C16H13NO4S/c1-21-10-5-2-4-9(8-10)13-12(15(19)16(20)17-13)14(18)11-6-3-7-22-11/h2-8,13,19H,1H3,(H,17,20)/t13-/m1/s1. The molecule has 112 valence electrons. The highest BCUT2D eigenvalue weighted by molar-refractivity contribution is 7.12. The van der Waals surface area contributed by atoms with E-state index in [0.717, 1.165) is 0 Å². The molecule has 0 aliphatic carbocycles. The second-order valence-electron chi connectivity index (χ2n) is 4.75. The molecule has 22 heavy (non-hydrogen) atoms. The van der Waals surface area contributed by atoms with Crippen molar-refractivity contribution < 1.29 is 19.4 Å². The van der Waals surface area contributed by atoms with Crippen molar-refractivity contribution in [2.24, 2.45) is 0 Å². The van der Waals surface area contributed by atoms with Gasteiger partial charge in [-0.15, -0.1) is 11.3 Å². The molecule has 1 aliphatic heterocycles. The van der Waals surface area contributed by atoms with Gasteiger partial charge in [-0.25, -0.2) is 0 Å². The van der Waals surface area contributed by atoms with Crippen LogP contribution in [0.2, 0.25) is 0 Å². The van der Waals surface area contributed by atoms with E-state index in [1.54, 1.807) is 41.8 Å². The third kappa shape index (κ3) is 2.37. The van der Waals surface area contributed by atoms with Crippen molar-refractivity contribution in [3.63, 3.8) is 0 Å². The Kier molecular flexibility index (Phi) is 3.68. The van der Waals surface area contributed by atoms with Crippen molar-refractivity contribution in [3.05, 3.63) is 63.6 Å². The van der Waals surface area contributed by atoms with E-state index in [-0.39, 0.29) is 11.4 Å². The van der Waals surface area contributed by atoms with Gasteiger partial charge in [-0.1, -0.05) is 18.2 Å². The Morgan fingerprint density at radius 1 is 1.32 bits per heavy atom. The van der Waals surface area contributed by atoms with Crippen molar-refractivity contribution in [1.82, 2.24) is 5.32 Å². The second kappa shape index (κ2) is 5.65. The van der Waals surface area contributed by atoms with Gasteiger partial charge in [0, 0.05) is 0 Å². The van der Waals surface area contributed by atoms with Crippen molar-refractivity contribution in [2.45, 2.75) is 6.04 Å². The van der Waals surface area contributed by atoms with Gasteiger partial charge < -0.3 is 15.2 Å². The minimum atomic E-state index is -0.683. The van der Waals surface area contributed by atoms with E-state index in [1.807, 2.05) is 0 Å². The predicted molar refractivity (Wildman–Crippen MR) is 82.2 cm³/mol. The number of benzene rings is 1. The lowest BCUT2D eigenvalue weighted by Gasteiger charge is -2.15. The van der Waals surface area contributed by atoms with Crippen LogP contribution in [0.15, 0.2) is 53.1 Å². The quantitative estimate of drug-likeness (QED) is 0.851. The molecular weight excluding hydrogens is 302 g/mol. The Morgan fingerprint density at radius 2 is 2.14 bits per heavy atom. The molecule has 0 saturated carbocycles. The molecule has 2 aromatic rings. The molecule has 3 rings (SSSR count). The smallest absolute Gasteiger partial charge is 0.287 e. The first-order chi connectivity index (χ1) is 10.6. The van der Waals surface area contributed by atoms with Crippen LogP contribution in [0.25, 0.3) is 0 Å². The first-order valence-electron chi connectivity index (χ1n) is 6.58. The molecule has 0 unspecified atom stereocenters. The molecule has 1 aromatic heterocycles. The minimum absolute atomic E-state index is 0.0701. The lowest BCUT2D eigenvalue weighted by Crippen LogP contribution is -2.23. The van der Waals surface area contributed by atoms with Gasteiger partial charge in [0.1, 0.15) is 5.75 Å². The SMILES string of the molecule is COc1cccc([C@H]2NC(=O)C(O)=C2C(=O)c2cccs2)c1. The summed E-state index contributed by atoms with van der Waals surface area (Å²) in [6, 6.07) is 9.77. The topological polar surface area (TPSA) is 75.6 Å². The van der Waals surface area contributed by atoms with Crippen molar-refractivity contribution >= 4 is 23.0 Å². The zero-order valence-electron chi connectivity index (χ0n) is 11.7. The number of ketones is 1. The molecule has 2 heterocycles. The van der Waals surface area contributed by atoms with E-state index in [4.69, 9.17) is 4.74 Å². The number of hydrogen-bond acceptors (Lipinski definition) is 5. The Bertz CT molecular complexity index is 764. The maximum absolute atomic E-state index is 12.6. The predicted octanol–water partition coefficient (Wildman–Crippen LogP) is 2.62. The number of Topliss-reactive ketones (excluding diaryl/α,β-unsaturated/α-hetero) is 1. The maximum Gasteiger partial charge on any atom is 0.287 e. The summed E-state index contributed by atoms with van der Waals surface area (Å²) in [6.45, 7) is 0. The summed E-state index contributed by atoms with van der Waals surface area (Å²) in [7, 11) is 1.54. The second-order valence-corrected chi connectivity index (χ2v) is 5.70. The van der Waals surface area contributed by atoms with Crippen LogP contribution < -0.4 is 10.1 Å². The summed E-state index contributed by atoms with van der Waals surface area (Å²) >= 11 is 1.27. The van der Waals surface area contributed by atoms with Crippen LogP contribution in [0, 0.1) is 0 Å². The van der Waals surface area contributed by atoms with Crippen LogP contribution in [-0.4, -0.2) is 23.9 Å². The fraction of sp³-hybridized carbons (Fsp3) is 0.125. The molecule has 0 spiro atoms. The van der Waals surface area contributed by atoms with Gasteiger partial charge in [-0.05, 0) is 29.1 Å². The monoisotopic (exact) mass is 315 g/mol. The molecule has 6 heteroatoms. The largest absolute Gasteiger partial charge is 0.503 e. The van der Waals surface area contributed by atoms with Crippen LogP contribution >= 0.6 is 11.3 Å². The Labute approximate surface area is 130 Å². The zero-order chi connectivity index (χ0) is 15.7. The summed E-state index contributed by atoms with van der Waals surface area (Å²) in [6.07, 6.45) is 0. The molecule has 1 aromatic carbocycles. The fourth-order valence-electron chi connectivity index (χ4n) is 2.38. The third-order valence-corrected chi connectivity index (χ3v) is 4.32. The lowest BCUT2D eigenvalue weighted by molar-refractivity contribution is -0.119. The van der Waals surface area contributed by atoms with E-state index in [2.05, 4.69) is 5.32 Å². The highest BCUT2D eigenvalue weighted by Crippen LogP contribution is 2.33. The molecule has 1 atom stereocenters. The lowest BCUT2D eigenvalue weighted by atomic mass is 9.96. The molecule has 5 nitrogen and oxygen atoms in total. The summed E-state index contributed by atoms with van der Waals surface area (Å²) in [5, 5.41) is 14.4. The molecule has 0 radical (unpaired) electrons. The van der Waals surface area contributed by atoms with Crippen LogP contribution in [0.5, 0.6) is 5.75 Å². The summed E-state index contributed by atoms with van der Waals surface area (Å²) in [5.74, 6) is -0.904. The number of rotatable bonds is 4. The Balaban J connectivity index is 2.04. The summed E-state index contributed by atoms with van der Waals surface area (Å²) < 4.78 is 5.16.